The van der Waals surface area contributed by atoms with Crippen LogP contribution in [0, 0.1) is 6.92 Å². The van der Waals surface area contributed by atoms with E-state index in [4.69, 9.17) is 0 Å². The Bertz CT molecular complexity index is 359. The number of rotatable bonds is 6. The van der Waals surface area contributed by atoms with E-state index >= 15 is 0 Å². The first kappa shape index (κ1) is 13.7. The molecule has 0 amide bonds. The predicted molar refractivity (Wildman–Crippen MR) is 73.9 cm³/mol. The Hall–Kier alpha value is -1.32. The molecule has 0 atom stereocenters. The minimum atomic E-state index is 0.934. The number of hydrogen-bond donors (Lipinski definition) is 1. The quantitative estimate of drug-likeness (QED) is 0.824. The summed E-state index contributed by atoms with van der Waals surface area (Å²) in [5.74, 6) is 2.95. The van der Waals surface area contributed by atoms with Crippen LogP contribution in [0.4, 0.5) is 11.6 Å². The van der Waals surface area contributed by atoms with Crippen molar-refractivity contribution in [3.8, 4) is 0 Å². The van der Waals surface area contributed by atoms with Crippen molar-refractivity contribution >= 4 is 11.6 Å². The lowest BCUT2D eigenvalue weighted by Crippen LogP contribution is -2.25. The van der Waals surface area contributed by atoms with Crippen molar-refractivity contribution in [1.82, 2.24) is 9.97 Å². The van der Waals surface area contributed by atoms with Crippen LogP contribution in [-0.4, -0.2) is 30.1 Å². The van der Waals surface area contributed by atoms with Gasteiger partial charge in [-0.05, 0) is 27.2 Å². The van der Waals surface area contributed by atoms with Gasteiger partial charge < -0.3 is 10.2 Å². The molecule has 1 heterocycles. The second-order valence-electron chi connectivity index (χ2n) is 4.11. The standard InChI is InChI=1S/C13H24N4/c1-6-9-11-15-12(14-5)10(4)13(16-11)17(7-2)8-3/h6-9H2,1-5H3,(H,14,15,16). The Morgan fingerprint density at radius 1 is 1.12 bits per heavy atom. The van der Waals surface area contributed by atoms with Gasteiger partial charge >= 0.3 is 0 Å². The number of nitrogens with zero attached hydrogens (tertiary/aromatic N) is 3. The van der Waals surface area contributed by atoms with Crippen LogP contribution in [0.15, 0.2) is 0 Å². The van der Waals surface area contributed by atoms with Gasteiger partial charge in [-0.2, -0.15) is 0 Å². The highest BCUT2D eigenvalue weighted by Crippen LogP contribution is 2.23. The van der Waals surface area contributed by atoms with Gasteiger partial charge in [-0.25, -0.2) is 9.97 Å². The largest absolute Gasteiger partial charge is 0.373 e. The van der Waals surface area contributed by atoms with E-state index in [0.717, 1.165) is 49.0 Å². The van der Waals surface area contributed by atoms with Crippen LogP contribution in [0.3, 0.4) is 0 Å². The Balaban J connectivity index is 3.21. The summed E-state index contributed by atoms with van der Waals surface area (Å²) in [6, 6.07) is 0. The van der Waals surface area contributed by atoms with Gasteiger partial charge in [-0.15, -0.1) is 0 Å². The molecule has 0 unspecified atom stereocenters. The minimum absolute atomic E-state index is 0.934. The maximum atomic E-state index is 4.69. The van der Waals surface area contributed by atoms with Crippen LogP contribution in [0.25, 0.3) is 0 Å². The third kappa shape index (κ3) is 3.08. The fourth-order valence-corrected chi connectivity index (χ4v) is 1.96. The van der Waals surface area contributed by atoms with E-state index in [1.165, 1.54) is 0 Å². The summed E-state index contributed by atoms with van der Waals surface area (Å²) in [7, 11) is 1.91. The number of hydrogen-bond acceptors (Lipinski definition) is 4. The summed E-state index contributed by atoms with van der Waals surface area (Å²) in [5.41, 5.74) is 1.14. The Morgan fingerprint density at radius 3 is 2.24 bits per heavy atom. The van der Waals surface area contributed by atoms with Crippen molar-refractivity contribution in [2.45, 2.75) is 40.5 Å². The number of aromatic nitrogens is 2. The Labute approximate surface area is 104 Å². The van der Waals surface area contributed by atoms with E-state index in [2.05, 4.69) is 47.9 Å². The van der Waals surface area contributed by atoms with Crippen LogP contribution in [0.2, 0.25) is 0 Å². The van der Waals surface area contributed by atoms with Gasteiger partial charge in [0, 0.05) is 32.1 Å². The molecule has 0 spiro atoms. The maximum Gasteiger partial charge on any atom is 0.137 e. The van der Waals surface area contributed by atoms with Crippen molar-refractivity contribution in [2.24, 2.45) is 0 Å². The predicted octanol–water partition coefficient (Wildman–Crippen LogP) is 2.63. The highest BCUT2D eigenvalue weighted by atomic mass is 15.2. The van der Waals surface area contributed by atoms with E-state index in [0.29, 0.717) is 0 Å². The van der Waals surface area contributed by atoms with Crippen molar-refractivity contribution < 1.29 is 0 Å². The molecule has 1 N–H and O–H groups in total. The van der Waals surface area contributed by atoms with Gasteiger partial charge in [-0.1, -0.05) is 6.92 Å². The number of aryl methyl sites for hydroxylation is 1. The van der Waals surface area contributed by atoms with Gasteiger partial charge in [0.1, 0.15) is 17.5 Å². The minimum Gasteiger partial charge on any atom is -0.373 e. The molecule has 0 aromatic carbocycles. The van der Waals surface area contributed by atoms with Crippen LogP contribution >= 0.6 is 0 Å². The van der Waals surface area contributed by atoms with E-state index < -0.39 is 0 Å². The number of nitrogens with one attached hydrogen (secondary N) is 1. The average Bonchev–Trinajstić information content (AvgIpc) is 2.34. The first-order valence-corrected chi connectivity index (χ1v) is 6.48. The average molecular weight is 236 g/mol. The Kier molecular flexibility index (Phi) is 5.19. The van der Waals surface area contributed by atoms with E-state index in [1.807, 2.05) is 7.05 Å². The second kappa shape index (κ2) is 6.42. The molecule has 17 heavy (non-hydrogen) atoms. The molecule has 4 heteroatoms. The van der Waals surface area contributed by atoms with Crippen molar-refractivity contribution in [3.05, 3.63) is 11.4 Å². The zero-order valence-corrected chi connectivity index (χ0v) is 11.7. The van der Waals surface area contributed by atoms with Crippen molar-refractivity contribution in [2.75, 3.05) is 30.4 Å². The fraction of sp³-hybridized carbons (Fsp3) is 0.692. The van der Waals surface area contributed by atoms with Gasteiger partial charge in [0.25, 0.3) is 0 Å². The molecule has 0 saturated carbocycles. The highest BCUT2D eigenvalue weighted by Gasteiger charge is 2.13. The molecular weight excluding hydrogens is 212 g/mol. The lowest BCUT2D eigenvalue weighted by atomic mass is 10.2. The summed E-state index contributed by atoms with van der Waals surface area (Å²) in [6.07, 6.45) is 2.01. The topological polar surface area (TPSA) is 41.1 Å². The molecular formula is C13H24N4. The molecule has 0 radical (unpaired) electrons. The molecule has 0 aliphatic carbocycles. The molecule has 0 aliphatic rings. The summed E-state index contributed by atoms with van der Waals surface area (Å²) >= 11 is 0. The van der Waals surface area contributed by atoms with Gasteiger partial charge in [0.2, 0.25) is 0 Å². The molecule has 1 rings (SSSR count). The summed E-state index contributed by atoms with van der Waals surface area (Å²) in [5, 5.41) is 3.16. The molecule has 0 aliphatic heterocycles. The third-order valence-corrected chi connectivity index (χ3v) is 2.94. The van der Waals surface area contributed by atoms with Crippen LogP contribution in [0.5, 0.6) is 0 Å². The molecule has 4 nitrogen and oxygen atoms in total. The van der Waals surface area contributed by atoms with Crippen molar-refractivity contribution in [1.29, 1.82) is 0 Å². The van der Waals surface area contributed by atoms with E-state index in [-0.39, 0.29) is 0 Å². The normalized spacial score (nSPS) is 10.4. The maximum absolute atomic E-state index is 4.69. The van der Waals surface area contributed by atoms with Gasteiger partial charge in [0.05, 0.1) is 0 Å². The zero-order chi connectivity index (χ0) is 12.8. The lowest BCUT2D eigenvalue weighted by molar-refractivity contribution is 0.791. The van der Waals surface area contributed by atoms with Crippen molar-refractivity contribution in [3.63, 3.8) is 0 Å². The van der Waals surface area contributed by atoms with E-state index in [1.54, 1.807) is 0 Å². The highest BCUT2D eigenvalue weighted by molar-refractivity contribution is 5.58. The third-order valence-electron chi connectivity index (χ3n) is 2.94. The Morgan fingerprint density at radius 2 is 1.76 bits per heavy atom. The first-order chi connectivity index (χ1) is 8.17. The lowest BCUT2D eigenvalue weighted by Gasteiger charge is -2.23. The molecule has 96 valence electrons. The molecule has 0 saturated heterocycles. The summed E-state index contributed by atoms with van der Waals surface area (Å²) in [4.78, 5) is 11.5. The fourth-order valence-electron chi connectivity index (χ4n) is 1.96. The van der Waals surface area contributed by atoms with Crippen LogP contribution < -0.4 is 10.2 Å². The smallest absolute Gasteiger partial charge is 0.137 e. The monoisotopic (exact) mass is 236 g/mol. The van der Waals surface area contributed by atoms with Crippen LogP contribution in [0.1, 0.15) is 38.6 Å². The molecule has 0 bridgehead atoms. The van der Waals surface area contributed by atoms with E-state index in [9.17, 15) is 0 Å². The van der Waals surface area contributed by atoms with Gasteiger partial charge in [0.15, 0.2) is 0 Å². The molecule has 1 aromatic rings. The van der Waals surface area contributed by atoms with Crippen LogP contribution in [-0.2, 0) is 6.42 Å². The first-order valence-electron chi connectivity index (χ1n) is 6.48. The van der Waals surface area contributed by atoms with Gasteiger partial charge in [-0.3, -0.25) is 0 Å². The zero-order valence-electron chi connectivity index (χ0n) is 11.7. The number of anilines is 2. The molecule has 1 aromatic heterocycles. The second-order valence-corrected chi connectivity index (χ2v) is 4.11. The summed E-state index contributed by atoms with van der Waals surface area (Å²) in [6.45, 7) is 10.5. The SMILES string of the molecule is CCCc1nc(NC)c(C)c(N(CC)CC)n1. The summed E-state index contributed by atoms with van der Waals surface area (Å²) < 4.78 is 0. The molecule has 0 fully saturated rings.